The van der Waals surface area contributed by atoms with Crippen LogP contribution in [0.2, 0.25) is 0 Å². The highest BCUT2D eigenvalue weighted by molar-refractivity contribution is 7.61. The number of phosphoric ester groups is 2. The van der Waals surface area contributed by atoms with Gasteiger partial charge >= 0.3 is 15.6 Å². The van der Waals surface area contributed by atoms with Crippen LogP contribution < -0.4 is 5.73 Å². The highest BCUT2D eigenvalue weighted by Crippen LogP contribution is 2.61. The molecule has 2 aromatic heterocycles. The van der Waals surface area contributed by atoms with Crippen molar-refractivity contribution >= 4 is 32.6 Å². The average molecular weight is 619 g/mol. The molecule has 2 aromatic rings. The third-order valence-corrected chi connectivity index (χ3v) is 8.62. The van der Waals surface area contributed by atoms with Crippen molar-refractivity contribution in [3.05, 3.63) is 12.7 Å². The molecule has 40 heavy (non-hydrogen) atoms. The van der Waals surface area contributed by atoms with Crippen LogP contribution in [0, 0.1) is 0 Å². The Morgan fingerprint density at radius 1 is 0.975 bits per heavy atom. The lowest BCUT2D eigenvalue weighted by Crippen LogP contribution is -2.61. The molecule has 12 atom stereocenters. The molecule has 2 aliphatic heterocycles. The van der Waals surface area contributed by atoms with Crippen molar-refractivity contribution < 1.29 is 77.5 Å². The summed E-state index contributed by atoms with van der Waals surface area (Å²) in [5, 5.41) is 69.3. The predicted octanol–water partition coefficient (Wildman–Crippen LogP) is -4.56. The molecule has 21 nitrogen and oxygen atoms in total. The third-order valence-electron chi connectivity index (χ3n) is 6.02. The average Bonchev–Trinajstić information content (AvgIpc) is 3.43. The van der Waals surface area contributed by atoms with Crippen LogP contribution >= 0.6 is 15.6 Å². The quantitative estimate of drug-likeness (QED) is 0.112. The van der Waals surface area contributed by atoms with Gasteiger partial charge in [-0.1, -0.05) is 0 Å². The number of rotatable bonds is 10. The summed E-state index contributed by atoms with van der Waals surface area (Å²) in [5.74, 6) is 0.0302. The topological polar surface area (TPSA) is 332 Å². The maximum atomic E-state index is 12.3. The van der Waals surface area contributed by atoms with E-state index >= 15 is 0 Å². The Hall–Kier alpha value is -1.75. The third kappa shape index (κ3) is 6.35. The normalized spacial score (nSPS) is 36.8. The molecule has 0 saturated carbocycles. The zero-order valence-electron chi connectivity index (χ0n) is 20.0. The van der Waals surface area contributed by atoms with E-state index < -0.39 is 90.2 Å². The van der Waals surface area contributed by atoms with Gasteiger partial charge in [0.2, 0.25) is 0 Å². The van der Waals surface area contributed by atoms with E-state index in [4.69, 9.17) is 20.3 Å². The molecular weight excluding hydrogens is 592 g/mol. The van der Waals surface area contributed by atoms with Gasteiger partial charge in [-0.25, -0.2) is 24.1 Å². The number of aliphatic hydroxyl groups excluding tert-OH is 7. The van der Waals surface area contributed by atoms with E-state index in [1.165, 1.54) is 10.9 Å². The Kier molecular flexibility index (Phi) is 9.25. The smallest absolute Gasteiger partial charge is 0.394 e. The van der Waals surface area contributed by atoms with Gasteiger partial charge in [-0.15, -0.1) is 0 Å². The predicted molar refractivity (Wildman–Crippen MR) is 123 cm³/mol. The van der Waals surface area contributed by atoms with E-state index in [0.717, 1.165) is 6.33 Å². The molecular formula is C17H27N5O16P2. The molecule has 3 unspecified atom stereocenters. The van der Waals surface area contributed by atoms with Crippen LogP contribution in [0.5, 0.6) is 0 Å². The lowest BCUT2D eigenvalue weighted by Gasteiger charge is -2.41. The van der Waals surface area contributed by atoms with Crippen molar-refractivity contribution in [3.63, 3.8) is 0 Å². The highest BCUT2D eigenvalue weighted by Gasteiger charge is 2.51. The first-order chi connectivity index (χ1) is 18.7. The van der Waals surface area contributed by atoms with Crippen LogP contribution in [0.15, 0.2) is 12.7 Å². The number of hydrogen-bond donors (Lipinski definition) is 10. The van der Waals surface area contributed by atoms with Gasteiger partial charge in [0.15, 0.2) is 24.0 Å². The Labute approximate surface area is 223 Å². The van der Waals surface area contributed by atoms with Gasteiger partial charge in [-0.2, -0.15) is 4.31 Å². The second-order valence-corrected chi connectivity index (χ2v) is 11.7. The summed E-state index contributed by atoms with van der Waals surface area (Å²) < 4.78 is 49.6. The van der Waals surface area contributed by atoms with E-state index in [-0.39, 0.29) is 17.0 Å². The van der Waals surface area contributed by atoms with Crippen molar-refractivity contribution in [1.82, 2.24) is 19.5 Å². The van der Waals surface area contributed by atoms with E-state index in [2.05, 4.69) is 28.3 Å². The number of nitrogen functional groups attached to an aromatic ring is 1. The minimum Gasteiger partial charge on any atom is -0.394 e. The summed E-state index contributed by atoms with van der Waals surface area (Å²) in [7, 11) is -11.2. The fourth-order valence-electron chi connectivity index (χ4n) is 4.01. The van der Waals surface area contributed by atoms with Gasteiger partial charge in [0, 0.05) is 0 Å². The SMILES string of the molecule is Nc1ncnc2c1ncn2[C@@H]1O[C@H](COP(=O)(O)OP(=O)(O)OC2O[C@H]([C@H](O)CO)[C@@H](O)[C@H](O)[C@@H]2O)[C@@H](O)[C@H]1O. The summed E-state index contributed by atoms with van der Waals surface area (Å²) in [6, 6.07) is 0. The number of anilines is 1. The molecule has 2 aliphatic rings. The number of aromatic nitrogens is 4. The number of fused-ring (bicyclic) bond motifs is 1. The molecule has 0 amide bonds. The first-order valence-corrected chi connectivity index (χ1v) is 14.3. The maximum Gasteiger partial charge on any atom is 0.483 e. The van der Waals surface area contributed by atoms with Crippen LogP contribution in [0.3, 0.4) is 0 Å². The number of hydrogen-bond acceptors (Lipinski definition) is 18. The number of nitrogens with zero attached hydrogens (tertiary/aromatic N) is 4. The van der Waals surface area contributed by atoms with E-state index in [0.29, 0.717) is 0 Å². The fourth-order valence-corrected chi connectivity index (χ4v) is 6.17. The second-order valence-electron chi connectivity index (χ2n) is 8.74. The van der Waals surface area contributed by atoms with Gasteiger partial charge < -0.3 is 60.7 Å². The summed E-state index contributed by atoms with van der Waals surface area (Å²) in [6.45, 7) is -1.95. The Morgan fingerprint density at radius 2 is 1.68 bits per heavy atom. The van der Waals surface area contributed by atoms with Gasteiger partial charge in [0.05, 0.1) is 19.5 Å². The largest absolute Gasteiger partial charge is 0.483 e. The Balaban J connectivity index is 1.38. The van der Waals surface area contributed by atoms with Crippen LogP contribution in [0.25, 0.3) is 11.2 Å². The molecule has 2 saturated heterocycles. The zero-order valence-corrected chi connectivity index (χ0v) is 21.8. The van der Waals surface area contributed by atoms with Crippen LogP contribution in [0.4, 0.5) is 5.82 Å². The van der Waals surface area contributed by atoms with Crippen molar-refractivity contribution in [3.8, 4) is 0 Å². The van der Waals surface area contributed by atoms with Crippen LogP contribution in [-0.2, 0) is 32.0 Å². The minimum atomic E-state index is -5.65. The molecule has 4 rings (SSSR count). The van der Waals surface area contributed by atoms with E-state index in [1.807, 2.05) is 0 Å². The van der Waals surface area contributed by atoms with Gasteiger partial charge in [-0.05, 0) is 0 Å². The van der Waals surface area contributed by atoms with Gasteiger partial charge in [0.1, 0.15) is 60.7 Å². The minimum absolute atomic E-state index is 0.0302. The maximum absolute atomic E-state index is 12.3. The van der Waals surface area contributed by atoms with Crippen molar-refractivity contribution in [2.75, 3.05) is 18.9 Å². The van der Waals surface area contributed by atoms with Crippen molar-refractivity contribution in [2.45, 2.75) is 61.3 Å². The standard InChI is InChI=1S/C17H27N5O16P2/c18-14-7-15(20-3-19-14)22(4-21-7)16-11(28)8(25)6(35-16)2-34-39(30,31)38-40(32,33)37-17-12(29)9(26)10(27)13(36-17)5(24)1-23/h3-6,8-13,16-17,23-29H,1-2H2,(H,30,31)(H,32,33)(H2,18,19,20)/t5-,6-,8-,9+,10+,11-,12+,13-,16-,17?/m1/s1. The lowest BCUT2D eigenvalue weighted by atomic mass is 9.96. The van der Waals surface area contributed by atoms with Crippen molar-refractivity contribution in [1.29, 1.82) is 0 Å². The number of phosphoric acid groups is 2. The summed E-state index contributed by atoms with van der Waals surface area (Å²) in [6.07, 6.45) is -16.0. The van der Waals surface area contributed by atoms with Crippen LogP contribution in [-0.4, -0.2) is 133 Å². The number of imidazole rings is 1. The first-order valence-electron chi connectivity index (χ1n) is 11.3. The molecule has 0 radical (unpaired) electrons. The van der Waals surface area contributed by atoms with Gasteiger partial charge in [0.25, 0.3) is 0 Å². The molecule has 226 valence electrons. The molecule has 23 heteroatoms. The Morgan fingerprint density at radius 3 is 2.35 bits per heavy atom. The fraction of sp³-hybridized carbons (Fsp3) is 0.706. The zero-order chi connectivity index (χ0) is 29.6. The molecule has 4 heterocycles. The van der Waals surface area contributed by atoms with E-state index in [9.17, 15) is 49.6 Å². The number of nitrogens with two attached hydrogens (primary N) is 1. The highest BCUT2D eigenvalue weighted by atomic mass is 31.3. The molecule has 0 spiro atoms. The molecule has 0 aliphatic carbocycles. The lowest BCUT2D eigenvalue weighted by molar-refractivity contribution is -0.292. The van der Waals surface area contributed by atoms with Crippen molar-refractivity contribution in [2.24, 2.45) is 0 Å². The summed E-state index contributed by atoms with van der Waals surface area (Å²) in [4.78, 5) is 31.6. The first kappa shape index (κ1) is 31.2. The number of aliphatic hydroxyl groups is 7. The van der Waals surface area contributed by atoms with Crippen LogP contribution in [0.1, 0.15) is 6.23 Å². The molecule has 2 fully saturated rings. The van der Waals surface area contributed by atoms with E-state index in [1.54, 1.807) is 0 Å². The monoisotopic (exact) mass is 619 g/mol. The Bertz CT molecular complexity index is 1290. The summed E-state index contributed by atoms with van der Waals surface area (Å²) >= 11 is 0. The second kappa shape index (κ2) is 11.9. The molecule has 0 bridgehead atoms. The van der Waals surface area contributed by atoms with Gasteiger partial charge in [-0.3, -0.25) is 13.6 Å². The number of ether oxygens (including phenoxy) is 2. The molecule has 0 aromatic carbocycles. The summed E-state index contributed by atoms with van der Waals surface area (Å²) in [5.41, 5.74) is 6.03. The molecule has 11 N–H and O–H groups in total.